The van der Waals surface area contributed by atoms with Crippen molar-refractivity contribution in [3.8, 4) is 11.8 Å². The van der Waals surface area contributed by atoms with Gasteiger partial charge in [0, 0.05) is 32.6 Å². The van der Waals surface area contributed by atoms with Gasteiger partial charge in [0.15, 0.2) is 0 Å². The molecule has 2 N–H and O–H groups in total. The minimum Gasteiger partial charge on any atom is -0.395 e. The fraction of sp³-hybridized carbons (Fsp3) is 0.385. The normalized spacial score (nSPS) is 11.2. The zero-order valence-electron chi connectivity index (χ0n) is 11.0. The number of hydrogen-bond acceptors (Lipinski definition) is 3. The Morgan fingerprint density at radius 2 is 1.95 bits per heavy atom. The SMILES string of the molecule is CNS(=O)(=O)N(C)Cc1ccc(C#CCCO)cc1. The van der Waals surface area contributed by atoms with Gasteiger partial charge in [-0.1, -0.05) is 24.0 Å². The van der Waals surface area contributed by atoms with Crippen molar-refractivity contribution in [1.29, 1.82) is 0 Å². The van der Waals surface area contributed by atoms with Gasteiger partial charge < -0.3 is 5.11 Å². The molecule has 0 aliphatic heterocycles. The molecule has 6 heteroatoms. The molecule has 0 aliphatic rings. The van der Waals surface area contributed by atoms with E-state index in [2.05, 4.69) is 16.6 Å². The maximum Gasteiger partial charge on any atom is 0.279 e. The van der Waals surface area contributed by atoms with Gasteiger partial charge >= 0.3 is 0 Å². The Balaban J connectivity index is 2.71. The molecule has 0 aromatic heterocycles. The van der Waals surface area contributed by atoms with E-state index >= 15 is 0 Å². The van der Waals surface area contributed by atoms with E-state index in [4.69, 9.17) is 5.11 Å². The van der Waals surface area contributed by atoms with E-state index in [1.54, 1.807) is 0 Å². The number of nitrogens with one attached hydrogen (secondary N) is 1. The van der Waals surface area contributed by atoms with Crippen LogP contribution in [0.5, 0.6) is 0 Å². The molecule has 5 nitrogen and oxygen atoms in total. The quantitative estimate of drug-likeness (QED) is 0.764. The third-order valence-corrected chi connectivity index (χ3v) is 3.96. The van der Waals surface area contributed by atoms with E-state index < -0.39 is 10.2 Å². The lowest BCUT2D eigenvalue weighted by Gasteiger charge is -2.15. The van der Waals surface area contributed by atoms with Crippen molar-refractivity contribution in [2.45, 2.75) is 13.0 Å². The summed E-state index contributed by atoms with van der Waals surface area (Å²) in [6.07, 6.45) is 0.449. The van der Waals surface area contributed by atoms with Crippen LogP contribution >= 0.6 is 0 Å². The summed E-state index contributed by atoms with van der Waals surface area (Å²) in [6.45, 7) is 0.352. The van der Waals surface area contributed by atoms with Gasteiger partial charge in [-0.25, -0.2) is 4.72 Å². The van der Waals surface area contributed by atoms with Gasteiger partial charge in [-0.3, -0.25) is 0 Å². The second kappa shape index (κ2) is 7.26. The summed E-state index contributed by atoms with van der Waals surface area (Å²) in [5.41, 5.74) is 1.73. The van der Waals surface area contributed by atoms with Crippen LogP contribution in [0, 0.1) is 11.8 Å². The highest BCUT2D eigenvalue weighted by Gasteiger charge is 2.14. The van der Waals surface area contributed by atoms with Gasteiger partial charge in [0.1, 0.15) is 0 Å². The Hall–Kier alpha value is -1.39. The Kier molecular flexibility index (Phi) is 5.99. The van der Waals surface area contributed by atoms with E-state index in [0.29, 0.717) is 13.0 Å². The van der Waals surface area contributed by atoms with Crippen LogP contribution in [-0.4, -0.2) is 38.5 Å². The predicted molar refractivity (Wildman–Crippen MR) is 74.5 cm³/mol. The Morgan fingerprint density at radius 1 is 1.32 bits per heavy atom. The lowest BCUT2D eigenvalue weighted by Crippen LogP contribution is -2.35. The topological polar surface area (TPSA) is 69.6 Å². The molecule has 1 rings (SSSR count). The van der Waals surface area contributed by atoms with Crippen molar-refractivity contribution in [1.82, 2.24) is 9.03 Å². The van der Waals surface area contributed by atoms with Gasteiger partial charge in [-0.2, -0.15) is 12.7 Å². The third-order valence-electron chi connectivity index (χ3n) is 2.50. The largest absolute Gasteiger partial charge is 0.395 e. The summed E-state index contributed by atoms with van der Waals surface area (Å²) in [5, 5.41) is 8.62. The molecule has 0 fully saturated rings. The number of nitrogens with zero attached hydrogens (tertiary/aromatic N) is 1. The van der Waals surface area contributed by atoms with Crippen LogP contribution in [-0.2, 0) is 16.8 Å². The molecule has 0 heterocycles. The van der Waals surface area contributed by atoms with Crippen molar-refractivity contribution >= 4 is 10.2 Å². The summed E-state index contributed by atoms with van der Waals surface area (Å²) < 4.78 is 26.5. The lowest BCUT2D eigenvalue weighted by molar-refractivity contribution is 0.305. The van der Waals surface area contributed by atoms with Crippen LogP contribution in [0.25, 0.3) is 0 Å². The Morgan fingerprint density at radius 3 is 2.47 bits per heavy atom. The van der Waals surface area contributed by atoms with Crippen molar-refractivity contribution in [2.24, 2.45) is 0 Å². The van der Waals surface area contributed by atoms with Gasteiger partial charge in [0.2, 0.25) is 0 Å². The summed E-state index contributed by atoms with van der Waals surface area (Å²) in [5.74, 6) is 5.74. The fourth-order valence-corrected chi connectivity index (χ4v) is 2.04. The number of aliphatic hydroxyl groups is 1. The molecule has 19 heavy (non-hydrogen) atoms. The minimum absolute atomic E-state index is 0.0533. The maximum absolute atomic E-state index is 11.5. The number of rotatable bonds is 5. The van der Waals surface area contributed by atoms with Gasteiger partial charge in [0.05, 0.1) is 6.61 Å². The number of benzene rings is 1. The molecular weight excluding hydrogens is 264 g/mol. The van der Waals surface area contributed by atoms with Crippen molar-refractivity contribution in [3.63, 3.8) is 0 Å². The molecule has 0 saturated heterocycles. The first-order valence-electron chi connectivity index (χ1n) is 5.83. The minimum atomic E-state index is -3.40. The molecular formula is C13H18N2O3S. The molecule has 1 aromatic carbocycles. The number of hydrogen-bond donors (Lipinski definition) is 2. The standard InChI is InChI=1S/C13H18N2O3S/c1-14-19(17,18)15(2)11-13-8-6-12(7-9-13)5-3-4-10-16/h6-9,14,16H,4,10-11H2,1-2H3. The van der Waals surface area contributed by atoms with Crippen molar-refractivity contribution in [3.05, 3.63) is 35.4 Å². The first-order valence-corrected chi connectivity index (χ1v) is 7.27. The number of aliphatic hydroxyl groups excluding tert-OH is 1. The van der Waals surface area contributed by atoms with Crippen LogP contribution in [0.1, 0.15) is 17.5 Å². The van der Waals surface area contributed by atoms with Crippen LogP contribution in [0.3, 0.4) is 0 Å². The van der Waals surface area contributed by atoms with Crippen LogP contribution in [0.2, 0.25) is 0 Å². The van der Waals surface area contributed by atoms with Crippen molar-refractivity contribution in [2.75, 3.05) is 20.7 Å². The van der Waals surface area contributed by atoms with E-state index in [9.17, 15) is 8.42 Å². The molecule has 0 unspecified atom stereocenters. The molecule has 0 saturated carbocycles. The molecule has 0 atom stereocenters. The molecule has 0 aliphatic carbocycles. The van der Waals surface area contributed by atoms with E-state index in [0.717, 1.165) is 11.1 Å². The van der Waals surface area contributed by atoms with Gasteiger partial charge in [-0.05, 0) is 17.7 Å². The molecule has 1 aromatic rings. The highest BCUT2D eigenvalue weighted by atomic mass is 32.2. The Labute approximate surface area is 114 Å². The second-order valence-corrected chi connectivity index (χ2v) is 5.92. The van der Waals surface area contributed by atoms with E-state index in [1.165, 1.54) is 18.4 Å². The Bertz CT molecular complexity index is 556. The van der Waals surface area contributed by atoms with Crippen LogP contribution in [0.15, 0.2) is 24.3 Å². The first-order chi connectivity index (χ1) is 8.99. The predicted octanol–water partition coefficient (Wildman–Crippen LogP) is 0.317. The summed E-state index contributed by atoms with van der Waals surface area (Å²) >= 11 is 0. The molecule has 0 bridgehead atoms. The molecule has 0 radical (unpaired) electrons. The van der Waals surface area contributed by atoms with E-state index in [-0.39, 0.29) is 6.61 Å². The summed E-state index contributed by atoms with van der Waals surface area (Å²) in [6, 6.07) is 7.34. The smallest absolute Gasteiger partial charge is 0.279 e. The zero-order chi connectivity index (χ0) is 14.3. The molecule has 0 spiro atoms. The zero-order valence-corrected chi connectivity index (χ0v) is 11.9. The highest BCUT2D eigenvalue weighted by molar-refractivity contribution is 7.87. The summed E-state index contributed by atoms with van der Waals surface area (Å²) in [4.78, 5) is 0. The van der Waals surface area contributed by atoms with E-state index in [1.807, 2.05) is 24.3 Å². The monoisotopic (exact) mass is 282 g/mol. The van der Waals surface area contributed by atoms with Crippen LogP contribution in [0.4, 0.5) is 0 Å². The lowest BCUT2D eigenvalue weighted by atomic mass is 10.1. The average Bonchev–Trinajstić information content (AvgIpc) is 2.41. The first kappa shape index (κ1) is 15.7. The molecule has 0 amide bonds. The second-order valence-electron chi connectivity index (χ2n) is 3.94. The summed E-state index contributed by atoms with van der Waals surface area (Å²) in [7, 11) is -0.501. The maximum atomic E-state index is 11.5. The molecule has 104 valence electrons. The highest BCUT2D eigenvalue weighted by Crippen LogP contribution is 2.07. The van der Waals surface area contributed by atoms with Crippen molar-refractivity contribution < 1.29 is 13.5 Å². The van der Waals surface area contributed by atoms with Gasteiger partial charge in [-0.15, -0.1) is 0 Å². The fourth-order valence-electron chi connectivity index (χ4n) is 1.41. The average molecular weight is 282 g/mol. The third kappa shape index (κ3) is 5.01. The van der Waals surface area contributed by atoms with Crippen LogP contribution < -0.4 is 4.72 Å². The van der Waals surface area contributed by atoms with Gasteiger partial charge in [0.25, 0.3) is 10.2 Å².